The summed E-state index contributed by atoms with van der Waals surface area (Å²) < 4.78 is 5.18. The molecule has 2 fully saturated rings. The summed E-state index contributed by atoms with van der Waals surface area (Å²) in [5.74, 6) is 1.24. The van der Waals surface area contributed by atoms with Gasteiger partial charge in [-0.25, -0.2) is 0 Å². The van der Waals surface area contributed by atoms with Gasteiger partial charge in [0.2, 0.25) is 5.91 Å². The first kappa shape index (κ1) is 12.8. The van der Waals surface area contributed by atoms with Crippen LogP contribution in [-0.2, 0) is 9.53 Å². The van der Waals surface area contributed by atoms with E-state index in [9.17, 15) is 4.79 Å². The van der Waals surface area contributed by atoms with Gasteiger partial charge in [0.05, 0.1) is 5.92 Å². The zero-order valence-corrected chi connectivity index (χ0v) is 10.8. The summed E-state index contributed by atoms with van der Waals surface area (Å²) in [5, 5.41) is 3.32. The first-order valence-electron chi connectivity index (χ1n) is 6.79. The van der Waals surface area contributed by atoms with Crippen molar-refractivity contribution in [3.63, 3.8) is 0 Å². The number of methoxy groups -OCH3 is 1. The number of nitrogens with zero attached hydrogens (tertiary/aromatic N) is 1. The molecule has 0 aliphatic carbocycles. The van der Waals surface area contributed by atoms with E-state index in [1.165, 1.54) is 0 Å². The Balaban J connectivity index is 1.77. The third kappa shape index (κ3) is 3.42. The van der Waals surface area contributed by atoms with Crippen molar-refractivity contribution in [2.45, 2.75) is 25.7 Å². The van der Waals surface area contributed by atoms with Crippen LogP contribution in [0, 0.1) is 11.8 Å². The highest BCUT2D eigenvalue weighted by Gasteiger charge is 2.28. The second-order valence-electron chi connectivity index (χ2n) is 5.27. The topological polar surface area (TPSA) is 41.6 Å². The number of hydrogen-bond donors (Lipinski definition) is 1. The molecule has 0 saturated carbocycles. The lowest BCUT2D eigenvalue weighted by Crippen LogP contribution is -2.46. The van der Waals surface area contributed by atoms with Crippen molar-refractivity contribution >= 4 is 5.91 Å². The van der Waals surface area contributed by atoms with Gasteiger partial charge >= 0.3 is 0 Å². The van der Waals surface area contributed by atoms with Gasteiger partial charge in [0.25, 0.3) is 0 Å². The van der Waals surface area contributed by atoms with Gasteiger partial charge in [-0.1, -0.05) is 0 Å². The number of likely N-dealkylation sites (tertiary alicyclic amines) is 1. The molecule has 1 amide bonds. The van der Waals surface area contributed by atoms with E-state index >= 15 is 0 Å². The molecular weight excluding hydrogens is 216 g/mol. The molecule has 2 aliphatic heterocycles. The molecule has 0 radical (unpaired) electrons. The van der Waals surface area contributed by atoms with Gasteiger partial charge in [-0.3, -0.25) is 4.79 Å². The Labute approximate surface area is 104 Å². The second-order valence-corrected chi connectivity index (χ2v) is 5.27. The fourth-order valence-electron chi connectivity index (χ4n) is 2.88. The molecule has 0 aromatic heterocycles. The van der Waals surface area contributed by atoms with Crippen LogP contribution < -0.4 is 5.32 Å². The van der Waals surface area contributed by atoms with E-state index in [0.29, 0.717) is 11.8 Å². The van der Waals surface area contributed by atoms with Crippen LogP contribution in [0.4, 0.5) is 0 Å². The largest absolute Gasteiger partial charge is 0.384 e. The van der Waals surface area contributed by atoms with Crippen molar-refractivity contribution in [3.05, 3.63) is 0 Å². The number of hydrogen-bond acceptors (Lipinski definition) is 3. The van der Waals surface area contributed by atoms with E-state index in [2.05, 4.69) is 10.2 Å². The molecule has 2 heterocycles. The summed E-state index contributed by atoms with van der Waals surface area (Å²) in [7, 11) is 1.76. The van der Waals surface area contributed by atoms with E-state index in [1.54, 1.807) is 7.11 Å². The number of amides is 1. The van der Waals surface area contributed by atoms with E-state index in [0.717, 1.165) is 58.5 Å². The van der Waals surface area contributed by atoms with Crippen LogP contribution in [0.3, 0.4) is 0 Å². The molecule has 2 aliphatic rings. The van der Waals surface area contributed by atoms with Crippen LogP contribution in [-0.4, -0.2) is 50.7 Å². The highest BCUT2D eigenvalue weighted by Crippen LogP contribution is 2.21. The third-order valence-corrected chi connectivity index (χ3v) is 3.97. The van der Waals surface area contributed by atoms with Crippen molar-refractivity contribution in [2.75, 3.05) is 39.9 Å². The van der Waals surface area contributed by atoms with Crippen LogP contribution in [0.1, 0.15) is 25.7 Å². The molecular formula is C13H24N2O2. The first-order chi connectivity index (χ1) is 8.31. The summed E-state index contributed by atoms with van der Waals surface area (Å²) in [5.41, 5.74) is 0. The van der Waals surface area contributed by atoms with Crippen LogP contribution >= 0.6 is 0 Å². The second kappa shape index (κ2) is 6.36. The van der Waals surface area contributed by atoms with Crippen LogP contribution in [0.2, 0.25) is 0 Å². The normalized spacial score (nSPS) is 27.1. The maximum absolute atomic E-state index is 12.3. The van der Waals surface area contributed by atoms with Crippen LogP contribution in [0.5, 0.6) is 0 Å². The molecule has 0 aromatic carbocycles. The number of carbonyl (C=O) groups is 1. The molecule has 17 heavy (non-hydrogen) atoms. The average Bonchev–Trinajstić information content (AvgIpc) is 2.40. The van der Waals surface area contributed by atoms with Gasteiger partial charge in [-0.05, 0) is 38.1 Å². The van der Waals surface area contributed by atoms with E-state index in [1.807, 2.05) is 0 Å². The van der Waals surface area contributed by atoms with Gasteiger partial charge in [-0.15, -0.1) is 0 Å². The molecule has 0 aromatic rings. The van der Waals surface area contributed by atoms with Crippen molar-refractivity contribution in [1.29, 1.82) is 0 Å². The minimum absolute atomic E-state index is 0.225. The van der Waals surface area contributed by atoms with Gasteiger partial charge in [0.1, 0.15) is 0 Å². The molecule has 1 atom stereocenters. The number of ether oxygens (including phenoxy) is 1. The summed E-state index contributed by atoms with van der Waals surface area (Å²) in [6.07, 6.45) is 4.39. The fourth-order valence-corrected chi connectivity index (χ4v) is 2.88. The number of carbonyl (C=O) groups excluding carboxylic acids is 1. The maximum atomic E-state index is 12.3. The van der Waals surface area contributed by atoms with E-state index in [4.69, 9.17) is 4.74 Å². The Morgan fingerprint density at radius 1 is 1.35 bits per heavy atom. The Morgan fingerprint density at radius 2 is 2.12 bits per heavy atom. The van der Waals surface area contributed by atoms with Gasteiger partial charge < -0.3 is 15.0 Å². The SMILES string of the molecule is COCC1CCN(C(=O)[C@@H]2CCCNC2)CC1. The summed E-state index contributed by atoms with van der Waals surface area (Å²) in [4.78, 5) is 14.3. The summed E-state index contributed by atoms with van der Waals surface area (Å²) in [6, 6.07) is 0. The predicted octanol–water partition coefficient (Wildman–Crippen LogP) is 0.871. The average molecular weight is 240 g/mol. The third-order valence-electron chi connectivity index (χ3n) is 3.97. The van der Waals surface area contributed by atoms with Crippen molar-refractivity contribution in [2.24, 2.45) is 11.8 Å². The summed E-state index contributed by atoms with van der Waals surface area (Å²) >= 11 is 0. The number of piperidine rings is 2. The minimum Gasteiger partial charge on any atom is -0.384 e. The number of nitrogens with one attached hydrogen (secondary N) is 1. The molecule has 2 saturated heterocycles. The number of rotatable bonds is 3. The van der Waals surface area contributed by atoms with Crippen LogP contribution in [0.15, 0.2) is 0 Å². The Morgan fingerprint density at radius 3 is 2.71 bits per heavy atom. The molecule has 1 N–H and O–H groups in total. The lowest BCUT2D eigenvalue weighted by atomic mass is 9.94. The van der Waals surface area contributed by atoms with Gasteiger partial charge in [0.15, 0.2) is 0 Å². The molecule has 0 bridgehead atoms. The highest BCUT2D eigenvalue weighted by atomic mass is 16.5. The molecule has 2 rings (SSSR count). The van der Waals surface area contributed by atoms with Crippen molar-refractivity contribution in [3.8, 4) is 0 Å². The maximum Gasteiger partial charge on any atom is 0.226 e. The summed E-state index contributed by atoms with van der Waals surface area (Å²) in [6.45, 7) is 4.62. The molecule has 0 unspecified atom stereocenters. The molecule has 98 valence electrons. The monoisotopic (exact) mass is 240 g/mol. The molecule has 0 spiro atoms. The minimum atomic E-state index is 0.225. The van der Waals surface area contributed by atoms with Gasteiger partial charge in [0, 0.05) is 33.4 Å². The first-order valence-corrected chi connectivity index (χ1v) is 6.79. The quantitative estimate of drug-likeness (QED) is 0.796. The molecule has 4 heteroatoms. The standard InChI is InChI=1S/C13H24N2O2/c1-17-10-11-4-7-15(8-5-11)13(16)12-3-2-6-14-9-12/h11-12,14H,2-10H2,1H3/t12-/m1/s1. The van der Waals surface area contributed by atoms with Gasteiger partial charge in [-0.2, -0.15) is 0 Å². The predicted molar refractivity (Wildman–Crippen MR) is 66.8 cm³/mol. The lowest BCUT2D eigenvalue weighted by Gasteiger charge is -2.35. The van der Waals surface area contributed by atoms with Crippen LogP contribution in [0.25, 0.3) is 0 Å². The highest BCUT2D eigenvalue weighted by molar-refractivity contribution is 5.79. The zero-order valence-electron chi connectivity index (χ0n) is 10.8. The smallest absolute Gasteiger partial charge is 0.226 e. The van der Waals surface area contributed by atoms with E-state index < -0.39 is 0 Å². The Kier molecular flexibility index (Phi) is 4.80. The molecule has 4 nitrogen and oxygen atoms in total. The zero-order chi connectivity index (χ0) is 12.1. The van der Waals surface area contributed by atoms with Crippen molar-refractivity contribution in [1.82, 2.24) is 10.2 Å². The fraction of sp³-hybridized carbons (Fsp3) is 0.923. The van der Waals surface area contributed by atoms with Crippen molar-refractivity contribution < 1.29 is 9.53 Å². The Hall–Kier alpha value is -0.610. The lowest BCUT2D eigenvalue weighted by molar-refractivity contribution is -0.137. The van der Waals surface area contributed by atoms with E-state index in [-0.39, 0.29) is 5.92 Å². The Bertz CT molecular complexity index is 244.